The summed E-state index contributed by atoms with van der Waals surface area (Å²) < 4.78 is 5.49. The van der Waals surface area contributed by atoms with Crippen LogP contribution in [0.5, 0.6) is 5.75 Å². The molecule has 0 aliphatic carbocycles. The van der Waals surface area contributed by atoms with Crippen LogP contribution in [0.15, 0.2) is 41.1 Å². The van der Waals surface area contributed by atoms with Gasteiger partial charge in [0.25, 0.3) is 0 Å². The second-order valence-electron chi connectivity index (χ2n) is 3.91. The Labute approximate surface area is 111 Å². The molecule has 1 heterocycles. The minimum Gasteiger partial charge on any atom is -0.491 e. The molecule has 0 amide bonds. The molecule has 1 aromatic heterocycles. The van der Waals surface area contributed by atoms with Crippen molar-refractivity contribution in [2.45, 2.75) is 13.1 Å². The van der Waals surface area contributed by atoms with Gasteiger partial charge in [-0.2, -0.15) is 11.3 Å². The summed E-state index contributed by atoms with van der Waals surface area (Å²) in [6, 6.07) is 10.0. The Balaban J connectivity index is 1.87. The number of nitrogens with one attached hydrogen (secondary N) is 1. The van der Waals surface area contributed by atoms with Crippen molar-refractivity contribution in [2.75, 3.05) is 13.2 Å². The third-order valence-corrected chi connectivity index (χ3v) is 3.28. The molecule has 0 saturated carbocycles. The number of ether oxygens (including phenoxy) is 1. The number of benzene rings is 1. The largest absolute Gasteiger partial charge is 0.491 e. The van der Waals surface area contributed by atoms with E-state index in [1.54, 1.807) is 11.3 Å². The maximum Gasteiger partial charge on any atom is 0.123 e. The second kappa shape index (κ2) is 7.16. The summed E-state index contributed by atoms with van der Waals surface area (Å²) in [6.07, 6.45) is 0. The Hall–Kier alpha value is -1.36. The molecule has 0 fully saturated rings. The highest BCUT2D eigenvalue weighted by molar-refractivity contribution is 7.07. The van der Waals surface area contributed by atoms with E-state index < -0.39 is 0 Å². The van der Waals surface area contributed by atoms with E-state index in [1.807, 2.05) is 24.3 Å². The first kappa shape index (κ1) is 13.1. The number of para-hydroxylation sites is 1. The van der Waals surface area contributed by atoms with Gasteiger partial charge in [0.2, 0.25) is 0 Å². The molecule has 0 atom stereocenters. The molecule has 0 radical (unpaired) electrons. The Kier molecular flexibility index (Phi) is 5.20. The Morgan fingerprint density at radius 1 is 1.17 bits per heavy atom. The SMILES string of the molecule is OCCOc1ccccc1CNCc1ccsc1. The maximum absolute atomic E-state index is 8.78. The zero-order chi connectivity index (χ0) is 12.6. The van der Waals surface area contributed by atoms with Gasteiger partial charge in [-0.15, -0.1) is 0 Å². The van der Waals surface area contributed by atoms with Crippen molar-refractivity contribution < 1.29 is 9.84 Å². The van der Waals surface area contributed by atoms with Crippen LogP contribution in [0.2, 0.25) is 0 Å². The predicted molar refractivity (Wildman–Crippen MR) is 73.9 cm³/mol. The van der Waals surface area contributed by atoms with E-state index in [-0.39, 0.29) is 6.61 Å². The van der Waals surface area contributed by atoms with Crippen LogP contribution in [0.25, 0.3) is 0 Å². The molecule has 2 rings (SSSR count). The molecular formula is C14H17NO2S. The van der Waals surface area contributed by atoms with E-state index in [1.165, 1.54) is 5.56 Å². The van der Waals surface area contributed by atoms with Gasteiger partial charge in [-0.1, -0.05) is 18.2 Å². The van der Waals surface area contributed by atoms with Crippen molar-refractivity contribution in [1.82, 2.24) is 5.32 Å². The third-order valence-electron chi connectivity index (χ3n) is 2.55. The number of hydrogen-bond acceptors (Lipinski definition) is 4. The van der Waals surface area contributed by atoms with Crippen LogP contribution in [0.4, 0.5) is 0 Å². The van der Waals surface area contributed by atoms with Crippen molar-refractivity contribution in [3.8, 4) is 5.75 Å². The Morgan fingerprint density at radius 2 is 2.06 bits per heavy atom. The summed E-state index contributed by atoms with van der Waals surface area (Å²) in [4.78, 5) is 0. The average molecular weight is 263 g/mol. The van der Waals surface area contributed by atoms with Gasteiger partial charge in [-0.05, 0) is 28.5 Å². The maximum atomic E-state index is 8.78. The lowest BCUT2D eigenvalue weighted by Gasteiger charge is -2.11. The van der Waals surface area contributed by atoms with Crippen LogP contribution >= 0.6 is 11.3 Å². The number of hydrogen-bond donors (Lipinski definition) is 2. The van der Waals surface area contributed by atoms with Gasteiger partial charge in [0.15, 0.2) is 0 Å². The normalized spacial score (nSPS) is 10.5. The third kappa shape index (κ3) is 3.84. The zero-order valence-corrected chi connectivity index (χ0v) is 11.0. The van der Waals surface area contributed by atoms with E-state index in [4.69, 9.17) is 9.84 Å². The van der Waals surface area contributed by atoms with Gasteiger partial charge >= 0.3 is 0 Å². The van der Waals surface area contributed by atoms with Crippen LogP contribution < -0.4 is 10.1 Å². The van der Waals surface area contributed by atoms with Gasteiger partial charge < -0.3 is 15.2 Å². The molecule has 2 aromatic rings. The molecule has 1 aromatic carbocycles. The highest BCUT2D eigenvalue weighted by Gasteiger charge is 2.02. The van der Waals surface area contributed by atoms with E-state index in [9.17, 15) is 0 Å². The van der Waals surface area contributed by atoms with Gasteiger partial charge in [0.1, 0.15) is 12.4 Å². The van der Waals surface area contributed by atoms with Gasteiger partial charge in [-0.3, -0.25) is 0 Å². The van der Waals surface area contributed by atoms with E-state index >= 15 is 0 Å². The fourth-order valence-electron chi connectivity index (χ4n) is 1.68. The van der Waals surface area contributed by atoms with Crippen molar-refractivity contribution >= 4 is 11.3 Å². The number of aliphatic hydroxyl groups excluding tert-OH is 1. The van der Waals surface area contributed by atoms with Crippen molar-refractivity contribution in [1.29, 1.82) is 0 Å². The minimum atomic E-state index is 0.0384. The first-order valence-corrected chi connectivity index (χ1v) is 6.88. The Morgan fingerprint density at radius 3 is 2.83 bits per heavy atom. The fourth-order valence-corrected chi connectivity index (χ4v) is 2.35. The number of thiophene rings is 1. The summed E-state index contributed by atoms with van der Waals surface area (Å²) in [6.45, 7) is 1.99. The monoisotopic (exact) mass is 263 g/mol. The Bertz CT molecular complexity index is 457. The summed E-state index contributed by atoms with van der Waals surface area (Å²) in [5.41, 5.74) is 2.41. The number of aliphatic hydroxyl groups is 1. The lowest BCUT2D eigenvalue weighted by atomic mass is 10.2. The van der Waals surface area contributed by atoms with E-state index in [0.717, 1.165) is 24.4 Å². The topological polar surface area (TPSA) is 41.5 Å². The molecule has 0 aliphatic heterocycles. The van der Waals surface area contributed by atoms with Crippen molar-refractivity contribution in [3.63, 3.8) is 0 Å². The predicted octanol–water partition coefficient (Wildman–Crippen LogP) is 2.41. The van der Waals surface area contributed by atoms with Crippen LogP contribution in [0, 0.1) is 0 Å². The summed E-state index contributed by atoms with van der Waals surface area (Å²) in [5.74, 6) is 0.837. The molecule has 0 spiro atoms. The molecular weight excluding hydrogens is 246 g/mol. The lowest BCUT2D eigenvalue weighted by Crippen LogP contribution is -2.13. The molecule has 96 valence electrons. The first-order chi connectivity index (χ1) is 8.90. The van der Waals surface area contributed by atoms with Crippen LogP contribution in [-0.2, 0) is 13.1 Å². The summed E-state index contributed by atoms with van der Waals surface area (Å²) in [5, 5.41) is 16.4. The summed E-state index contributed by atoms with van der Waals surface area (Å²) >= 11 is 1.71. The lowest BCUT2D eigenvalue weighted by molar-refractivity contribution is 0.200. The van der Waals surface area contributed by atoms with Gasteiger partial charge in [0.05, 0.1) is 6.61 Å². The van der Waals surface area contributed by atoms with Gasteiger partial charge in [0, 0.05) is 18.7 Å². The average Bonchev–Trinajstić information content (AvgIpc) is 2.91. The van der Waals surface area contributed by atoms with E-state index in [0.29, 0.717) is 6.61 Å². The molecule has 0 unspecified atom stereocenters. The van der Waals surface area contributed by atoms with Crippen LogP contribution in [-0.4, -0.2) is 18.3 Å². The highest BCUT2D eigenvalue weighted by atomic mass is 32.1. The molecule has 3 nitrogen and oxygen atoms in total. The molecule has 2 N–H and O–H groups in total. The second-order valence-corrected chi connectivity index (χ2v) is 4.69. The minimum absolute atomic E-state index is 0.0384. The van der Waals surface area contributed by atoms with Gasteiger partial charge in [-0.25, -0.2) is 0 Å². The number of rotatable bonds is 7. The first-order valence-electron chi connectivity index (χ1n) is 5.93. The smallest absolute Gasteiger partial charge is 0.123 e. The van der Waals surface area contributed by atoms with Crippen molar-refractivity contribution in [3.05, 3.63) is 52.2 Å². The zero-order valence-electron chi connectivity index (χ0n) is 10.1. The van der Waals surface area contributed by atoms with Crippen LogP contribution in [0.3, 0.4) is 0 Å². The standard InChI is InChI=1S/C14H17NO2S/c16-6-7-17-14-4-2-1-3-13(14)10-15-9-12-5-8-18-11-12/h1-5,8,11,15-16H,6-7,9-10H2. The molecule has 18 heavy (non-hydrogen) atoms. The quantitative estimate of drug-likeness (QED) is 0.806. The highest BCUT2D eigenvalue weighted by Crippen LogP contribution is 2.17. The van der Waals surface area contributed by atoms with Crippen molar-refractivity contribution in [2.24, 2.45) is 0 Å². The van der Waals surface area contributed by atoms with E-state index in [2.05, 4.69) is 22.1 Å². The molecule has 4 heteroatoms. The summed E-state index contributed by atoms with van der Waals surface area (Å²) in [7, 11) is 0. The molecule has 0 bridgehead atoms. The molecule has 0 aliphatic rings. The van der Waals surface area contributed by atoms with Crippen LogP contribution in [0.1, 0.15) is 11.1 Å². The molecule has 0 saturated heterocycles. The fraction of sp³-hybridized carbons (Fsp3) is 0.286.